The van der Waals surface area contributed by atoms with E-state index in [9.17, 15) is 9.59 Å². The van der Waals surface area contributed by atoms with E-state index in [-0.39, 0.29) is 23.6 Å². The van der Waals surface area contributed by atoms with Crippen LogP contribution < -0.4 is 0 Å². The summed E-state index contributed by atoms with van der Waals surface area (Å²) in [6.07, 6.45) is 5.57. The Morgan fingerprint density at radius 2 is 2.20 bits per heavy atom. The van der Waals surface area contributed by atoms with Crippen LogP contribution in [0.5, 0.6) is 0 Å². The second kappa shape index (κ2) is 3.95. The van der Waals surface area contributed by atoms with Gasteiger partial charge in [-0.3, -0.25) is 9.59 Å². The molecule has 0 amide bonds. The Morgan fingerprint density at radius 1 is 1.40 bits per heavy atom. The first-order valence-corrected chi connectivity index (χ1v) is 5.88. The Bertz CT molecular complexity index is 285. The van der Waals surface area contributed by atoms with E-state index in [1.807, 2.05) is 0 Å². The van der Waals surface area contributed by atoms with Crippen LogP contribution in [0.4, 0.5) is 0 Å². The van der Waals surface area contributed by atoms with Gasteiger partial charge in [-0.2, -0.15) is 0 Å². The van der Waals surface area contributed by atoms with Crippen LogP contribution in [0.2, 0.25) is 0 Å². The lowest BCUT2D eigenvalue weighted by Crippen LogP contribution is -2.24. The highest BCUT2D eigenvalue weighted by Crippen LogP contribution is 2.62. The minimum Gasteiger partial charge on any atom is -0.466 e. The Morgan fingerprint density at radius 3 is 2.87 bits per heavy atom. The van der Waals surface area contributed by atoms with Crippen molar-refractivity contribution in [3.05, 3.63) is 0 Å². The van der Waals surface area contributed by atoms with Gasteiger partial charge in [0.2, 0.25) is 0 Å². The summed E-state index contributed by atoms with van der Waals surface area (Å²) >= 11 is 0. The van der Waals surface area contributed by atoms with E-state index < -0.39 is 0 Å². The van der Waals surface area contributed by atoms with Gasteiger partial charge in [0.15, 0.2) is 0 Å². The van der Waals surface area contributed by atoms with Crippen LogP contribution in [-0.2, 0) is 14.3 Å². The van der Waals surface area contributed by atoms with Crippen molar-refractivity contribution in [2.24, 2.45) is 11.3 Å². The summed E-state index contributed by atoms with van der Waals surface area (Å²) in [5.41, 5.74) is -0.106. The number of hydrogen-bond donors (Lipinski definition) is 0. The number of fused-ring (bicyclic) bond motifs is 1. The second-order valence-electron chi connectivity index (χ2n) is 4.71. The molecule has 2 aliphatic rings. The van der Waals surface area contributed by atoms with Crippen molar-refractivity contribution in [1.29, 1.82) is 0 Å². The fourth-order valence-electron chi connectivity index (χ4n) is 2.90. The molecule has 3 nitrogen and oxygen atoms in total. The molecule has 0 aromatic rings. The van der Waals surface area contributed by atoms with Gasteiger partial charge in [-0.1, -0.05) is 12.8 Å². The van der Waals surface area contributed by atoms with Gasteiger partial charge in [0.05, 0.1) is 6.61 Å². The largest absolute Gasteiger partial charge is 0.466 e. The maximum atomic E-state index is 11.9. The van der Waals surface area contributed by atoms with Crippen LogP contribution in [0.1, 0.15) is 45.4 Å². The van der Waals surface area contributed by atoms with E-state index in [1.54, 1.807) is 6.92 Å². The van der Waals surface area contributed by atoms with Gasteiger partial charge in [0.1, 0.15) is 12.2 Å². The molecule has 2 unspecified atom stereocenters. The van der Waals surface area contributed by atoms with Gasteiger partial charge >= 0.3 is 5.97 Å². The first-order valence-electron chi connectivity index (χ1n) is 5.88. The molecule has 2 atom stereocenters. The molecule has 0 radical (unpaired) electrons. The van der Waals surface area contributed by atoms with Crippen molar-refractivity contribution in [1.82, 2.24) is 0 Å². The van der Waals surface area contributed by atoms with Crippen LogP contribution in [0, 0.1) is 11.3 Å². The standard InChI is InChI=1S/C12H18O3/c1-2-15-11(14)7-10(13)12-6-4-3-5-9(12)8-12/h9H,2-8H2,1H3. The summed E-state index contributed by atoms with van der Waals surface area (Å²) in [6, 6.07) is 0. The van der Waals surface area contributed by atoms with Gasteiger partial charge in [0, 0.05) is 5.41 Å². The first kappa shape index (κ1) is 10.7. The highest BCUT2D eigenvalue weighted by Gasteiger charge is 2.59. The topological polar surface area (TPSA) is 43.4 Å². The van der Waals surface area contributed by atoms with E-state index >= 15 is 0 Å². The minimum atomic E-state index is -0.354. The van der Waals surface area contributed by atoms with Crippen LogP contribution in [0.25, 0.3) is 0 Å². The lowest BCUT2D eigenvalue weighted by Gasteiger charge is -2.19. The summed E-state index contributed by atoms with van der Waals surface area (Å²) < 4.78 is 4.81. The molecule has 2 aliphatic carbocycles. The molecule has 15 heavy (non-hydrogen) atoms. The van der Waals surface area contributed by atoms with Crippen LogP contribution in [0.3, 0.4) is 0 Å². The highest BCUT2D eigenvalue weighted by atomic mass is 16.5. The molecule has 84 valence electrons. The van der Waals surface area contributed by atoms with Crippen molar-refractivity contribution in [2.45, 2.75) is 45.4 Å². The number of rotatable bonds is 4. The molecule has 0 heterocycles. The van der Waals surface area contributed by atoms with E-state index in [0.29, 0.717) is 12.5 Å². The quantitative estimate of drug-likeness (QED) is 0.527. The Hall–Kier alpha value is -0.860. The fourth-order valence-corrected chi connectivity index (χ4v) is 2.90. The van der Waals surface area contributed by atoms with E-state index in [2.05, 4.69) is 0 Å². The van der Waals surface area contributed by atoms with Gasteiger partial charge in [0.25, 0.3) is 0 Å². The Kier molecular flexibility index (Phi) is 2.81. The average molecular weight is 210 g/mol. The molecule has 0 aromatic heterocycles. The zero-order chi connectivity index (χ0) is 10.9. The number of ketones is 1. The summed E-state index contributed by atoms with van der Waals surface area (Å²) in [6.45, 7) is 2.13. The third kappa shape index (κ3) is 1.92. The van der Waals surface area contributed by atoms with E-state index in [4.69, 9.17) is 4.74 Å². The summed E-state index contributed by atoms with van der Waals surface area (Å²) in [7, 11) is 0. The first-order chi connectivity index (χ1) is 7.19. The number of ether oxygens (including phenoxy) is 1. The number of carbonyl (C=O) groups excluding carboxylic acids is 2. The van der Waals surface area contributed by atoms with Gasteiger partial charge in [-0.25, -0.2) is 0 Å². The molecular formula is C12H18O3. The van der Waals surface area contributed by atoms with Crippen LogP contribution in [0.15, 0.2) is 0 Å². The van der Waals surface area contributed by atoms with Crippen LogP contribution >= 0.6 is 0 Å². The van der Waals surface area contributed by atoms with Gasteiger partial charge < -0.3 is 4.74 Å². The maximum Gasteiger partial charge on any atom is 0.313 e. The predicted molar refractivity (Wildman–Crippen MR) is 55.3 cm³/mol. The zero-order valence-electron chi connectivity index (χ0n) is 9.25. The molecule has 0 saturated heterocycles. The third-order valence-electron chi connectivity index (χ3n) is 3.82. The zero-order valence-corrected chi connectivity index (χ0v) is 9.25. The minimum absolute atomic E-state index is 0.00958. The molecule has 0 aliphatic heterocycles. The predicted octanol–water partition coefficient (Wildman–Crippen LogP) is 2.09. The Labute approximate surface area is 90.2 Å². The van der Waals surface area contributed by atoms with E-state index in [1.165, 1.54) is 12.8 Å². The average Bonchev–Trinajstić information content (AvgIpc) is 2.93. The lowest BCUT2D eigenvalue weighted by molar-refractivity contribution is -0.146. The van der Waals surface area contributed by atoms with Crippen LogP contribution in [-0.4, -0.2) is 18.4 Å². The molecule has 0 N–H and O–H groups in total. The second-order valence-corrected chi connectivity index (χ2v) is 4.71. The smallest absolute Gasteiger partial charge is 0.313 e. The Balaban J connectivity index is 1.89. The van der Waals surface area contributed by atoms with Crippen molar-refractivity contribution < 1.29 is 14.3 Å². The summed E-state index contributed by atoms with van der Waals surface area (Å²) in [4.78, 5) is 23.2. The molecule has 2 saturated carbocycles. The monoisotopic (exact) mass is 210 g/mol. The molecule has 0 bridgehead atoms. The number of Topliss-reactive ketones (excluding diaryl/α,β-unsaturated/α-hetero) is 1. The maximum absolute atomic E-state index is 11.9. The molecular weight excluding hydrogens is 192 g/mol. The number of hydrogen-bond acceptors (Lipinski definition) is 3. The molecule has 2 fully saturated rings. The van der Waals surface area contributed by atoms with Crippen molar-refractivity contribution in [2.75, 3.05) is 6.61 Å². The number of carbonyl (C=O) groups is 2. The van der Waals surface area contributed by atoms with Gasteiger partial charge in [-0.15, -0.1) is 0 Å². The van der Waals surface area contributed by atoms with E-state index in [0.717, 1.165) is 19.3 Å². The normalized spacial score (nSPS) is 33.0. The molecule has 2 rings (SSSR count). The molecule has 0 aromatic carbocycles. The third-order valence-corrected chi connectivity index (χ3v) is 3.82. The van der Waals surface area contributed by atoms with Crippen molar-refractivity contribution in [3.8, 4) is 0 Å². The summed E-state index contributed by atoms with van der Waals surface area (Å²) in [5.74, 6) is 0.354. The number of esters is 1. The van der Waals surface area contributed by atoms with Crippen molar-refractivity contribution in [3.63, 3.8) is 0 Å². The summed E-state index contributed by atoms with van der Waals surface area (Å²) in [5, 5.41) is 0. The fraction of sp³-hybridized carbons (Fsp3) is 0.833. The SMILES string of the molecule is CCOC(=O)CC(=O)C12CCCCC1C2. The highest BCUT2D eigenvalue weighted by molar-refractivity contribution is 6.00. The lowest BCUT2D eigenvalue weighted by atomic mass is 9.84. The van der Waals surface area contributed by atoms with Crippen molar-refractivity contribution >= 4 is 11.8 Å². The molecule has 0 spiro atoms. The molecule has 3 heteroatoms. The van der Waals surface area contributed by atoms with Gasteiger partial charge in [-0.05, 0) is 32.1 Å².